The zero-order valence-electron chi connectivity index (χ0n) is 23.6. The molecule has 4 unspecified atom stereocenters. The van der Waals surface area contributed by atoms with Crippen LogP contribution in [0.2, 0.25) is 0 Å². The summed E-state index contributed by atoms with van der Waals surface area (Å²) in [5, 5.41) is 14.1. The van der Waals surface area contributed by atoms with Crippen molar-refractivity contribution in [1.82, 2.24) is 21.2 Å². The third-order valence-electron chi connectivity index (χ3n) is 7.90. The Hall–Kier alpha value is -0.400. The topological polar surface area (TPSA) is 91.2 Å². The Bertz CT molecular complexity index is 519. The highest BCUT2D eigenvalue weighted by molar-refractivity contribution is 6.87. The summed E-state index contributed by atoms with van der Waals surface area (Å²) in [5.41, 5.74) is 5.14. The smallest absolute Gasteiger partial charge is 0.158 e. The van der Waals surface area contributed by atoms with E-state index in [-0.39, 0.29) is 11.6 Å². The lowest BCUT2D eigenvalue weighted by Crippen LogP contribution is -2.59. The van der Waals surface area contributed by atoms with Crippen LogP contribution in [0.3, 0.4) is 0 Å². The van der Waals surface area contributed by atoms with Crippen molar-refractivity contribution >= 4 is 20.8 Å². The largest absolute Gasteiger partial charge is 0.363 e. The van der Waals surface area contributed by atoms with Crippen LogP contribution in [0.4, 0.5) is 0 Å². The van der Waals surface area contributed by atoms with Gasteiger partial charge in [0, 0.05) is 17.0 Å². The molecule has 8 heteroatoms. The van der Waals surface area contributed by atoms with Crippen molar-refractivity contribution in [3.05, 3.63) is 0 Å². The zero-order valence-corrected chi connectivity index (χ0v) is 23.6. The summed E-state index contributed by atoms with van der Waals surface area (Å²) in [6.45, 7) is 17.9. The van der Waals surface area contributed by atoms with Crippen molar-refractivity contribution < 1.29 is 4.79 Å². The van der Waals surface area contributed by atoms with Gasteiger partial charge >= 0.3 is 0 Å². The van der Waals surface area contributed by atoms with Crippen LogP contribution in [0.1, 0.15) is 93.4 Å². The monoisotopic (exact) mass is 465 g/mol. The molecular formula is C25H57B2N5O. The fourth-order valence-corrected chi connectivity index (χ4v) is 4.24. The number of carbonyl (C=O) groups is 1. The number of likely N-dealkylation sites (N-methyl/N-ethyl adjacent to an activating group) is 1. The molecule has 0 rings (SSSR count). The number of ketones is 1. The van der Waals surface area contributed by atoms with Crippen LogP contribution in [-0.2, 0) is 4.79 Å². The number of hydrogen-bond donors (Lipinski definition) is 5. The molecule has 0 amide bonds. The van der Waals surface area contributed by atoms with Crippen molar-refractivity contribution in [3.63, 3.8) is 0 Å². The van der Waals surface area contributed by atoms with Gasteiger partial charge in [-0.1, -0.05) is 40.5 Å². The van der Waals surface area contributed by atoms with Crippen LogP contribution in [0, 0.1) is 11.3 Å². The molecule has 0 aromatic heterocycles. The first-order valence-electron chi connectivity index (χ1n) is 13.6. The van der Waals surface area contributed by atoms with E-state index in [1.165, 1.54) is 0 Å². The number of carbonyl (C=O) groups excluding carboxylic acids is 1. The Labute approximate surface area is 207 Å². The molecule has 0 saturated heterocycles. The molecule has 0 aromatic rings. The van der Waals surface area contributed by atoms with Crippen molar-refractivity contribution in [2.45, 2.75) is 117 Å². The molecule has 194 valence electrons. The van der Waals surface area contributed by atoms with Crippen LogP contribution >= 0.6 is 0 Å². The summed E-state index contributed by atoms with van der Waals surface area (Å²) in [6, 6.07) is 0.960. The SMILES string of the molecule is BBNC(CCCCNC(C)(C)C(C)(C)C(=O)C(CCCCNC(C)CC)NC)C(C)CN. The average Bonchev–Trinajstić information content (AvgIpc) is 2.78. The van der Waals surface area contributed by atoms with Crippen LogP contribution in [0.15, 0.2) is 0 Å². The summed E-state index contributed by atoms with van der Waals surface area (Å²) >= 11 is 0. The highest BCUT2D eigenvalue weighted by Crippen LogP contribution is 2.33. The molecule has 6 N–H and O–H groups in total. The molecule has 0 heterocycles. The Morgan fingerprint density at radius 1 is 1.03 bits per heavy atom. The standard InChI is InChI=1S/C25H57B2N5O/c1-9-20(3)30-16-12-10-15-22(29-8)23(33)24(4,5)25(6,7)31-17-13-11-14-21(32-27-26)19(2)18-28/h19-22,27,29-32H,9-18,26,28H2,1-8H3. The number of rotatable bonds is 21. The van der Waals surface area contributed by atoms with Gasteiger partial charge in [0.15, 0.2) is 13.1 Å². The van der Waals surface area contributed by atoms with Crippen molar-refractivity contribution in [2.75, 3.05) is 26.7 Å². The van der Waals surface area contributed by atoms with Crippen LogP contribution < -0.4 is 26.9 Å². The van der Waals surface area contributed by atoms with Crippen LogP contribution in [0.5, 0.6) is 0 Å². The third kappa shape index (κ3) is 11.7. The van der Waals surface area contributed by atoms with Gasteiger partial charge < -0.3 is 26.9 Å². The average molecular weight is 465 g/mol. The first-order chi connectivity index (χ1) is 15.5. The molecule has 0 saturated carbocycles. The molecule has 33 heavy (non-hydrogen) atoms. The van der Waals surface area contributed by atoms with Crippen LogP contribution in [-0.4, -0.2) is 71.2 Å². The molecule has 0 fully saturated rings. The minimum atomic E-state index is -0.462. The lowest BCUT2D eigenvalue weighted by molar-refractivity contribution is -0.133. The third-order valence-corrected chi connectivity index (χ3v) is 7.90. The summed E-state index contributed by atoms with van der Waals surface area (Å²) in [5.74, 6) is 0.802. The maximum absolute atomic E-state index is 13.5. The lowest BCUT2D eigenvalue weighted by Gasteiger charge is -2.43. The second kappa shape index (κ2) is 17.1. The van der Waals surface area contributed by atoms with Gasteiger partial charge in [-0.25, -0.2) is 0 Å². The van der Waals surface area contributed by atoms with Gasteiger partial charge in [-0.2, -0.15) is 0 Å². The van der Waals surface area contributed by atoms with E-state index in [4.69, 9.17) is 5.73 Å². The fraction of sp³-hybridized carbons (Fsp3) is 0.960. The highest BCUT2D eigenvalue weighted by Gasteiger charge is 2.44. The van der Waals surface area contributed by atoms with E-state index >= 15 is 0 Å². The van der Waals surface area contributed by atoms with Gasteiger partial charge in [0.05, 0.1) is 13.8 Å². The second-order valence-corrected chi connectivity index (χ2v) is 11.0. The number of hydrogen-bond acceptors (Lipinski definition) is 6. The Morgan fingerprint density at radius 2 is 1.64 bits per heavy atom. The van der Waals surface area contributed by atoms with E-state index < -0.39 is 5.41 Å². The molecule has 0 aromatic carbocycles. The van der Waals surface area contributed by atoms with E-state index in [1.54, 1.807) is 0 Å². The van der Waals surface area contributed by atoms with Crippen molar-refractivity contribution in [2.24, 2.45) is 17.1 Å². The summed E-state index contributed by atoms with van der Waals surface area (Å²) in [6.07, 6.45) is 7.60. The number of nitrogens with two attached hydrogens (primary N) is 1. The molecule has 0 radical (unpaired) electrons. The molecule has 0 aliphatic heterocycles. The summed E-state index contributed by atoms with van der Waals surface area (Å²) < 4.78 is 0. The molecule has 0 bridgehead atoms. The Morgan fingerprint density at radius 3 is 2.18 bits per heavy atom. The summed E-state index contributed by atoms with van der Waals surface area (Å²) in [4.78, 5) is 13.5. The minimum Gasteiger partial charge on any atom is -0.363 e. The summed E-state index contributed by atoms with van der Waals surface area (Å²) in [7, 11) is 5.05. The van der Waals surface area contributed by atoms with Gasteiger partial charge in [-0.05, 0) is 91.5 Å². The molecule has 0 aliphatic rings. The predicted molar refractivity (Wildman–Crippen MR) is 150 cm³/mol. The van der Waals surface area contributed by atoms with Gasteiger partial charge in [0.2, 0.25) is 0 Å². The van der Waals surface area contributed by atoms with Crippen molar-refractivity contribution in [1.29, 1.82) is 0 Å². The Balaban J connectivity index is 4.61. The predicted octanol–water partition coefficient (Wildman–Crippen LogP) is 1.72. The van der Waals surface area contributed by atoms with Gasteiger partial charge in [-0.15, -0.1) is 0 Å². The molecule has 0 aliphatic carbocycles. The number of unbranched alkanes of at least 4 members (excludes halogenated alkanes) is 2. The van der Waals surface area contributed by atoms with Crippen LogP contribution in [0.25, 0.3) is 0 Å². The van der Waals surface area contributed by atoms with E-state index in [2.05, 4.69) is 77.4 Å². The number of Topliss-reactive ketones (excluding diaryl/α,β-unsaturated/α-hetero) is 1. The molecule has 4 atom stereocenters. The maximum atomic E-state index is 13.5. The zero-order chi connectivity index (χ0) is 25.5. The first kappa shape index (κ1) is 32.6. The lowest BCUT2D eigenvalue weighted by atomic mass is 9.66. The highest BCUT2D eigenvalue weighted by atomic mass is 16.1. The molecular weight excluding hydrogens is 408 g/mol. The van der Waals surface area contributed by atoms with E-state index in [1.807, 2.05) is 7.05 Å². The second-order valence-electron chi connectivity index (χ2n) is 11.0. The quantitative estimate of drug-likeness (QED) is 0.131. The van der Waals surface area contributed by atoms with Gasteiger partial charge in [0.1, 0.15) is 0 Å². The first-order valence-corrected chi connectivity index (χ1v) is 13.6. The minimum absolute atomic E-state index is 0.0942. The number of nitrogens with one attached hydrogen (secondary N) is 4. The van der Waals surface area contributed by atoms with Crippen molar-refractivity contribution in [3.8, 4) is 0 Å². The Kier molecular flexibility index (Phi) is 16.9. The van der Waals surface area contributed by atoms with Gasteiger partial charge in [-0.3, -0.25) is 4.79 Å². The molecule has 6 nitrogen and oxygen atoms in total. The van der Waals surface area contributed by atoms with Gasteiger partial charge in [0.25, 0.3) is 0 Å². The maximum Gasteiger partial charge on any atom is 0.158 e. The fourth-order valence-electron chi connectivity index (χ4n) is 4.24. The van der Waals surface area contributed by atoms with E-state index in [0.29, 0.717) is 23.8 Å². The normalized spacial score (nSPS) is 16.3. The molecule has 0 spiro atoms. The van der Waals surface area contributed by atoms with E-state index in [0.717, 1.165) is 71.9 Å². The van der Waals surface area contributed by atoms with E-state index in [9.17, 15) is 4.79 Å².